The number of halogens is 3. The number of thiazole rings is 1. The molecule has 2 aromatic rings. The number of aryl methyl sites for hydroxylation is 2. The normalized spacial score (nSPS) is 23.1. The number of carbonyl (C=O) groups excluding carboxylic acids is 2. The number of amides is 2. The molecular weight excluding hydrogens is 403 g/mol. The number of nitrogens with zero attached hydrogens (tertiary/aromatic N) is 2. The van der Waals surface area contributed by atoms with Gasteiger partial charge in [0.1, 0.15) is 5.69 Å². The Labute approximate surface area is 169 Å². The number of rotatable bonds is 4. The van der Waals surface area contributed by atoms with E-state index in [1.54, 1.807) is 4.90 Å². The van der Waals surface area contributed by atoms with Gasteiger partial charge in [-0.05, 0) is 37.7 Å². The van der Waals surface area contributed by atoms with Crippen LogP contribution in [0, 0.1) is 25.7 Å². The van der Waals surface area contributed by atoms with E-state index in [4.69, 9.17) is 0 Å². The highest BCUT2D eigenvalue weighted by Crippen LogP contribution is 2.50. The zero-order valence-electron chi connectivity index (χ0n) is 15.9. The minimum absolute atomic E-state index is 0.134. The molecule has 1 saturated heterocycles. The van der Waals surface area contributed by atoms with E-state index in [1.165, 1.54) is 11.3 Å². The van der Waals surface area contributed by atoms with Crippen molar-refractivity contribution in [3.8, 4) is 10.4 Å². The molecule has 9 heteroatoms. The second-order valence-corrected chi connectivity index (χ2v) is 8.88. The van der Waals surface area contributed by atoms with Gasteiger partial charge in [0.15, 0.2) is 0 Å². The molecule has 4 rings (SSSR count). The minimum atomic E-state index is -4.93. The van der Waals surface area contributed by atoms with Crippen LogP contribution in [0.25, 0.3) is 10.4 Å². The van der Waals surface area contributed by atoms with E-state index in [-0.39, 0.29) is 24.3 Å². The fourth-order valence-corrected chi connectivity index (χ4v) is 4.96. The Kier molecular flexibility index (Phi) is 4.88. The van der Waals surface area contributed by atoms with E-state index in [2.05, 4.69) is 4.98 Å². The Morgan fingerprint density at radius 2 is 2.07 bits per heavy atom. The summed E-state index contributed by atoms with van der Waals surface area (Å²) in [6.45, 7) is 4.07. The fourth-order valence-electron chi connectivity index (χ4n) is 4.05. The minimum Gasteiger partial charge on any atom is -0.346 e. The summed E-state index contributed by atoms with van der Waals surface area (Å²) in [6.07, 6.45) is -4.06. The highest BCUT2D eigenvalue weighted by Gasteiger charge is 2.54. The number of alkyl halides is 3. The molecule has 2 amide bonds. The number of likely N-dealkylation sites (tertiary alicyclic amines) is 1. The third-order valence-corrected chi connectivity index (χ3v) is 6.53. The zero-order valence-corrected chi connectivity index (χ0v) is 16.7. The first-order chi connectivity index (χ1) is 13.6. The van der Waals surface area contributed by atoms with E-state index in [0.717, 1.165) is 27.4 Å². The molecular formula is C20H20F3N3O2S. The van der Waals surface area contributed by atoms with E-state index in [1.807, 2.05) is 43.4 Å². The number of carbonyl (C=O) groups is 2. The number of piperidine rings is 1. The molecule has 1 saturated carbocycles. The van der Waals surface area contributed by atoms with Crippen LogP contribution in [0.15, 0.2) is 24.3 Å². The van der Waals surface area contributed by atoms with E-state index < -0.39 is 18.1 Å². The first-order valence-corrected chi connectivity index (χ1v) is 10.2. The highest BCUT2D eigenvalue weighted by molar-refractivity contribution is 7.15. The standard InChI is InChI=1S/C20H20F3N3O2S/c1-10-4-3-5-12(6-10)17-16(25-11(2)29-17)18(27)26-9-13-7-14(13)15(26)8-24-19(28)20(21,22)23/h3-6,13-15H,7-9H2,1-2H3,(H,24,28). The molecule has 29 heavy (non-hydrogen) atoms. The van der Waals surface area contributed by atoms with Crippen molar-refractivity contribution in [1.29, 1.82) is 0 Å². The van der Waals surface area contributed by atoms with Crippen LogP contribution in [-0.2, 0) is 4.79 Å². The van der Waals surface area contributed by atoms with Crippen molar-refractivity contribution < 1.29 is 22.8 Å². The Morgan fingerprint density at radius 3 is 2.76 bits per heavy atom. The number of hydrogen-bond donors (Lipinski definition) is 1. The lowest BCUT2D eigenvalue weighted by atomic mass is 10.1. The summed E-state index contributed by atoms with van der Waals surface area (Å²) < 4.78 is 37.6. The molecule has 5 nitrogen and oxygen atoms in total. The summed E-state index contributed by atoms with van der Waals surface area (Å²) in [7, 11) is 0. The van der Waals surface area contributed by atoms with Gasteiger partial charge >= 0.3 is 12.1 Å². The summed E-state index contributed by atoms with van der Waals surface area (Å²) in [5, 5.41) is 2.69. The van der Waals surface area contributed by atoms with Gasteiger partial charge in [-0.3, -0.25) is 9.59 Å². The van der Waals surface area contributed by atoms with Crippen molar-refractivity contribution in [3.05, 3.63) is 40.5 Å². The smallest absolute Gasteiger partial charge is 0.346 e. The lowest BCUT2D eigenvalue weighted by Gasteiger charge is -2.27. The van der Waals surface area contributed by atoms with Crippen molar-refractivity contribution >= 4 is 23.2 Å². The Bertz CT molecular complexity index is 972. The first kappa shape index (κ1) is 19.9. The molecule has 2 aliphatic rings. The maximum Gasteiger partial charge on any atom is 0.471 e. The summed E-state index contributed by atoms with van der Waals surface area (Å²) in [4.78, 5) is 31.3. The Hall–Kier alpha value is -2.42. The Morgan fingerprint density at radius 1 is 1.31 bits per heavy atom. The van der Waals surface area contributed by atoms with Gasteiger partial charge in [-0.2, -0.15) is 13.2 Å². The maximum absolute atomic E-state index is 13.3. The molecule has 1 aromatic heterocycles. The monoisotopic (exact) mass is 423 g/mol. The van der Waals surface area contributed by atoms with Crippen LogP contribution in [-0.4, -0.2) is 47.0 Å². The molecule has 1 aromatic carbocycles. The summed E-state index contributed by atoms with van der Waals surface area (Å²) in [6, 6.07) is 7.33. The quantitative estimate of drug-likeness (QED) is 0.818. The number of aromatic nitrogens is 1. The van der Waals surface area contributed by atoms with E-state index >= 15 is 0 Å². The van der Waals surface area contributed by atoms with Crippen LogP contribution in [0.1, 0.15) is 27.5 Å². The third-order valence-electron chi connectivity index (χ3n) is 5.51. The molecule has 1 aliphatic carbocycles. The van der Waals surface area contributed by atoms with Gasteiger partial charge in [-0.1, -0.05) is 29.8 Å². The molecule has 1 N–H and O–H groups in total. The van der Waals surface area contributed by atoms with Crippen molar-refractivity contribution in [2.45, 2.75) is 32.5 Å². The molecule has 154 valence electrons. The number of benzene rings is 1. The molecule has 3 atom stereocenters. The predicted molar refractivity (Wildman–Crippen MR) is 103 cm³/mol. The predicted octanol–water partition coefficient (Wildman–Crippen LogP) is 3.57. The average molecular weight is 423 g/mol. The van der Waals surface area contributed by atoms with Crippen molar-refractivity contribution in [3.63, 3.8) is 0 Å². The van der Waals surface area contributed by atoms with E-state index in [9.17, 15) is 22.8 Å². The second-order valence-electron chi connectivity index (χ2n) is 7.67. The van der Waals surface area contributed by atoms with Gasteiger partial charge < -0.3 is 10.2 Å². The van der Waals surface area contributed by atoms with Crippen molar-refractivity contribution in [1.82, 2.24) is 15.2 Å². The van der Waals surface area contributed by atoms with Gasteiger partial charge in [0.05, 0.1) is 15.9 Å². The molecule has 3 unspecified atom stereocenters. The average Bonchev–Trinajstić information content (AvgIpc) is 3.16. The van der Waals surface area contributed by atoms with Crippen molar-refractivity contribution in [2.24, 2.45) is 11.8 Å². The first-order valence-electron chi connectivity index (χ1n) is 9.35. The SMILES string of the molecule is Cc1cccc(-c2sc(C)nc2C(=O)N2CC3CC3C2CNC(=O)C(F)(F)F)c1. The van der Waals surface area contributed by atoms with Crippen LogP contribution in [0.2, 0.25) is 0 Å². The van der Waals surface area contributed by atoms with E-state index in [0.29, 0.717) is 12.2 Å². The second kappa shape index (κ2) is 7.12. The van der Waals surface area contributed by atoms with Crippen LogP contribution in [0.3, 0.4) is 0 Å². The van der Waals surface area contributed by atoms with Gasteiger partial charge in [0, 0.05) is 13.1 Å². The number of hydrogen-bond acceptors (Lipinski definition) is 4. The largest absolute Gasteiger partial charge is 0.471 e. The molecule has 0 bridgehead atoms. The Balaban J connectivity index is 1.57. The number of nitrogens with one attached hydrogen (secondary N) is 1. The van der Waals surface area contributed by atoms with Crippen molar-refractivity contribution in [2.75, 3.05) is 13.1 Å². The fraction of sp³-hybridized carbons (Fsp3) is 0.450. The molecule has 0 radical (unpaired) electrons. The number of fused-ring (bicyclic) bond motifs is 1. The topological polar surface area (TPSA) is 62.3 Å². The van der Waals surface area contributed by atoms with Gasteiger partial charge in [0.2, 0.25) is 0 Å². The molecule has 0 spiro atoms. The summed E-state index contributed by atoms with van der Waals surface area (Å²) in [5.74, 6) is -1.84. The lowest BCUT2D eigenvalue weighted by Crippen LogP contribution is -2.48. The third kappa shape index (κ3) is 3.88. The van der Waals surface area contributed by atoms with Crippen LogP contribution >= 0.6 is 11.3 Å². The maximum atomic E-state index is 13.3. The highest BCUT2D eigenvalue weighted by atomic mass is 32.1. The molecule has 1 aliphatic heterocycles. The van der Waals surface area contributed by atoms with Gasteiger partial charge in [-0.15, -0.1) is 11.3 Å². The summed E-state index contributed by atoms with van der Waals surface area (Å²) >= 11 is 1.42. The molecule has 2 fully saturated rings. The van der Waals surface area contributed by atoms with Gasteiger partial charge in [-0.25, -0.2) is 4.98 Å². The lowest BCUT2D eigenvalue weighted by molar-refractivity contribution is -0.173. The van der Waals surface area contributed by atoms with Crippen LogP contribution < -0.4 is 5.32 Å². The van der Waals surface area contributed by atoms with Crippen LogP contribution in [0.4, 0.5) is 13.2 Å². The zero-order chi connectivity index (χ0) is 20.9. The van der Waals surface area contributed by atoms with Gasteiger partial charge in [0.25, 0.3) is 5.91 Å². The van der Waals surface area contributed by atoms with Crippen LogP contribution in [0.5, 0.6) is 0 Å². The summed E-state index contributed by atoms with van der Waals surface area (Å²) in [5.41, 5.74) is 2.28. The molecule has 2 heterocycles.